The second kappa shape index (κ2) is 9.80. The number of nitro groups is 1. The van der Waals surface area contributed by atoms with Gasteiger partial charge in [0.05, 0.1) is 28.4 Å². The van der Waals surface area contributed by atoms with E-state index in [0.29, 0.717) is 0 Å². The predicted octanol–water partition coefficient (Wildman–Crippen LogP) is 2.99. The van der Waals surface area contributed by atoms with Crippen LogP contribution in [-0.2, 0) is 25.2 Å². The van der Waals surface area contributed by atoms with Gasteiger partial charge in [-0.05, 0) is 38.4 Å². The third-order valence-corrected chi connectivity index (χ3v) is 11.8. The summed E-state index contributed by atoms with van der Waals surface area (Å²) in [6.45, 7) is 13.3. The maximum Gasteiger partial charge on any atom is 0.441 e. The number of ketones is 1. The van der Waals surface area contributed by atoms with E-state index in [1.54, 1.807) is 13.0 Å². The number of amides is 1. The van der Waals surface area contributed by atoms with E-state index in [1.807, 2.05) is 33.9 Å². The predicted molar refractivity (Wildman–Crippen MR) is 129 cm³/mol. The fraction of sp³-hybridized carbons (Fsp3) is 0.565. The zero-order valence-corrected chi connectivity index (χ0v) is 22.0. The number of benzene rings is 1. The van der Waals surface area contributed by atoms with Crippen molar-refractivity contribution in [3.8, 4) is 0 Å². The molecule has 11 nitrogen and oxygen atoms in total. The summed E-state index contributed by atoms with van der Waals surface area (Å²) in [5.74, 6) is -4.01. The van der Waals surface area contributed by atoms with E-state index in [4.69, 9.17) is 4.43 Å². The lowest BCUT2D eigenvalue weighted by Crippen LogP contribution is -2.71. The minimum absolute atomic E-state index is 0.152. The fourth-order valence-corrected chi connectivity index (χ4v) is 5.60. The summed E-state index contributed by atoms with van der Waals surface area (Å²) in [4.78, 5) is 51.4. The highest BCUT2D eigenvalue weighted by molar-refractivity contribution is 6.74. The van der Waals surface area contributed by atoms with Gasteiger partial charge in [0.2, 0.25) is 5.91 Å². The average Bonchev–Trinajstić information content (AvgIpc) is 2.70. The van der Waals surface area contributed by atoms with Crippen LogP contribution in [0.2, 0.25) is 18.1 Å². The largest absolute Gasteiger partial charge is 0.472 e. The van der Waals surface area contributed by atoms with Crippen LogP contribution in [0.3, 0.4) is 0 Å². The van der Waals surface area contributed by atoms with E-state index in [9.17, 15) is 35.1 Å². The third kappa shape index (κ3) is 5.39. The Morgan fingerprint density at radius 2 is 1.86 bits per heavy atom. The topological polar surface area (TPSA) is 172 Å². The number of β-lactam (4-membered cyclic amide) rings is 1. The highest BCUT2D eigenvalue weighted by Gasteiger charge is 2.60. The van der Waals surface area contributed by atoms with E-state index in [-0.39, 0.29) is 28.6 Å². The van der Waals surface area contributed by atoms with Crippen LogP contribution < -0.4 is 5.32 Å². The molecule has 1 fully saturated rings. The average molecular weight is 505 g/mol. The molecule has 0 bridgehead atoms. The van der Waals surface area contributed by atoms with E-state index < -0.39 is 54.2 Å². The maximum absolute atomic E-state index is 13.5. The van der Waals surface area contributed by atoms with Crippen molar-refractivity contribution >= 4 is 37.4 Å². The van der Waals surface area contributed by atoms with Crippen LogP contribution in [0.5, 0.6) is 0 Å². The van der Waals surface area contributed by atoms with Crippen molar-refractivity contribution in [2.75, 3.05) is 0 Å². The SMILES string of the molecule is C[C@@H](O[Si](C)(C)C(C)(C)C)[C@H]1C(=O)N[C@H]1[C@@](C)(Cc1ccccc1[N+](=O)[O-])C(=O)C(=[N+]=[N-])C(=O)O. The first-order chi connectivity index (χ1) is 16.0. The molecule has 0 spiro atoms. The quantitative estimate of drug-likeness (QED) is 0.0720. The Labute approximate surface area is 204 Å². The van der Waals surface area contributed by atoms with Crippen molar-refractivity contribution in [3.05, 3.63) is 45.5 Å². The molecule has 1 aromatic carbocycles. The number of para-hydroxylation sites is 1. The second-order valence-corrected chi connectivity index (χ2v) is 15.4. The van der Waals surface area contributed by atoms with Gasteiger partial charge in [-0.3, -0.25) is 19.7 Å². The lowest BCUT2D eigenvalue weighted by molar-refractivity contribution is -0.385. The van der Waals surface area contributed by atoms with E-state index >= 15 is 0 Å². The molecule has 1 saturated heterocycles. The molecule has 0 saturated carbocycles. The summed E-state index contributed by atoms with van der Waals surface area (Å²) in [6, 6.07) is 4.86. The molecular formula is C23H32N4O7Si. The second-order valence-electron chi connectivity index (χ2n) is 10.7. The van der Waals surface area contributed by atoms with Gasteiger partial charge in [0.25, 0.3) is 11.5 Å². The van der Waals surface area contributed by atoms with Gasteiger partial charge in [0, 0.05) is 11.6 Å². The van der Waals surface area contributed by atoms with Gasteiger partial charge in [-0.1, -0.05) is 39.0 Å². The first kappa shape index (κ1) is 28.0. The Morgan fingerprint density at radius 3 is 2.31 bits per heavy atom. The standard InChI is InChI=1S/C23H32N4O7Si/c1-13(34-35(6,7)22(2,3)4)16-18(25-20(16)29)23(5,19(28)17(26-24)21(30)31)12-14-10-8-9-11-15(14)27(32)33/h8-11,13,16,18H,12H2,1-7H3,(H,25,29)(H,30,31)/t13-,16-,18-,23-/m1/s1. The Balaban J connectivity index is 2.58. The highest BCUT2D eigenvalue weighted by atomic mass is 28.4. The zero-order valence-electron chi connectivity index (χ0n) is 21.0. The van der Waals surface area contributed by atoms with E-state index in [0.717, 1.165) is 0 Å². The number of nitro benzene ring substituents is 1. The molecule has 2 N–H and O–H groups in total. The molecule has 0 aliphatic carbocycles. The number of carboxylic acid groups (broad SMARTS) is 1. The van der Waals surface area contributed by atoms with Crippen molar-refractivity contribution in [1.29, 1.82) is 0 Å². The Morgan fingerprint density at radius 1 is 1.29 bits per heavy atom. The lowest BCUT2D eigenvalue weighted by atomic mass is 9.63. The molecule has 12 heteroatoms. The van der Waals surface area contributed by atoms with Crippen molar-refractivity contribution in [2.45, 2.75) is 71.3 Å². The number of carbonyl (C=O) groups excluding carboxylic acids is 2. The van der Waals surface area contributed by atoms with Gasteiger partial charge >= 0.3 is 11.7 Å². The van der Waals surface area contributed by atoms with Crippen LogP contribution in [0.25, 0.3) is 5.53 Å². The zero-order chi connectivity index (χ0) is 26.9. The van der Waals surface area contributed by atoms with Gasteiger partial charge in [0.1, 0.15) is 0 Å². The van der Waals surface area contributed by atoms with E-state index in [2.05, 4.69) is 10.1 Å². The molecule has 0 unspecified atom stereocenters. The molecule has 35 heavy (non-hydrogen) atoms. The number of carbonyl (C=O) groups is 3. The molecule has 0 radical (unpaired) electrons. The van der Waals surface area contributed by atoms with Gasteiger partial charge < -0.3 is 20.4 Å². The Bertz CT molecular complexity index is 1110. The van der Waals surface area contributed by atoms with Gasteiger partial charge in [-0.15, -0.1) is 0 Å². The monoisotopic (exact) mass is 504 g/mol. The van der Waals surface area contributed by atoms with Gasteiger partial charge in [-0.2, -0.15) is 4.79 Å². The van der Waals surface area contributed by atoms with Crippen LogP contribution in [0.1, 0.15) is 40.2 Å². The van der Waals surface area contributed by atoms with Crippen LogP contribution in [0.4, 0.5) is 5.69 Å². The van der Waals surface area contributed by atoms with Gasteiger partial charge in [-0.25, -0.2) is 4.79 Å². The Hall–Kier alpha value is -3.21. The summed E-state index contributed by atoms with van der Waals surface area (Å²) >= 11 is 0. The molecule has 0 aromatic heterocycles. The molecule has 1 aliphatic rings. The number of rotatable bonds is 10. The van der Waals surface area contributed by atoms with Crippen molar-refractivity contribution < 1.29 is 33.6 Å². The number of nitrogens with one attached hydrogen (secondary N) is 1. The molecule has 1 aromatic rings. The summed E-state index contributed by atoms with van der Waals surface area (Å²) in [6.07, 6.45) is -0.893. The summed E-state index contributed by atoms with van der Waals surface area (Å²) in [5, 5.41) is 23.5. The van der Waals surface area contributed by atoms with Gasteiger partial charge in [0.15, 0.2) is 8.32 Å². The Kier molecular flexibility index (Phi) is 7.85. The normalized spacial score (nSPS) is 20.5. The minimum Gasteiger partial charge on any atom is -0.472 e. The number of carboxylic acids is 1. The number of hydrogen-bond acceptors (Lipinski definition) is 6. The smallest absolute Gasteiger partial charge is 0.441 e. The number of hydrogen-bond donors (Lipinski definition) is 2. The molecule has 190 valence electrons. The summed E-state index contributed by atoms with van der Waals surface area (Å²) in [7, 11) is -2.32. The van der Waals surface area contributed by atoms with Crippen LogP contribution in [0, 0.1) is 21.4 Å². The van der Waals surface area contributed by atoms with Crippen molar-refractivity contribution in [3.63, 3.8) is 0 Å². The molecule has 1 amide bonds. The molecule has 1 aliphatic heterocycles. The lowest BCUT2D eigenvalue weighted by Gasteiger charge is -2.50. The summed E-state index contributed by atoms with van der Waals surface area (Å²) in [5.41, 5.74) is 6.37. The van der Waals surface area contributed by atoms with Crippen molar-refractivity contribution in [1.82, 2.24) is 5.32 Å². The summed E-state index contributed by atoms with van der Waals surface area (Å²) < 4.78 is 6.39. The van der Waals surface area contributed by atoms with Crippen LogP contribution in [-0.4, -0.2) is 58.7 Å². The molecule has 2 rings (SSSR count). The fourth-order valence-electron chi connectivity index (χ4n) is 4.17. The minimum atomic E-state index is -2.32. The first-order valence-corrected chi connectivity index (χ1v) is 14.1. The molecular weight excluding hydrogens is 472 g/mol. The van der Waals surface area contributed by atoms with Crippen LogP contribution >= 0.6 is 0 Å². The molecule has 1 heterocycles. The third-order valence-electron chi connectivity index (χ3n) is 7.22. The number of aliphatic carboxylic acids is 1. The van der Waals surface area contributed by atoms with E-state index in [1.165, 1.54) is 25.1 Å². The van der Waals surface area contributed by atoms with Crippen molar-refractivity contribution in [2.24, 2.45) is 11.3 Å². The number of nitrogens with zero attached hydrogens (tertiary/aromatic N) is 3. The number of Topliss-reactive ketones (excluding diaryl/α,β-unsaturated/α-hetero) is 1. The highest BCUT2D eigenvalue weighted by Crippen LogP contribution is 2.43. The first-order valence-electron chi connectivity index (χ1n) is 11.2. The molecule has 4 atom stereocenters. The van der Waals surface area contributed by atoms with Crippen LogP contribution in [0.15, 0.2) is 24.3 Å². The maximum atomic E-state index is 13.5.